The summed E-state index contributed by atoms with van der Waals surface area (Å²) in [4.78, 5) is 42.4. The predicted octanol–water partition coefficient (Wildman–Crippen LogP) is 2.08. The number of piperazine rings is 1. The first-order valence-corrected chi connectivity index (χ1v) is 11.3. The summed E-state index contributed by atoms with van der Waals surface area (Å²) in [5.74, 6) is 0.00293. The summed E-state index contributed by atoms with van der Waals surface area (Å²) in [7, 11) is 0. The van der Waals surface area contributed by atoms with Gasteiger partial charge in [-0.3, -0.25) is 9.59 Å². The highest BCUT2D eigenvalue weighted by Crippen LogP contribution is 2.30. The van der Waals surface area contributed by atoms with Gasteiger partial charge in [0.2, 0.25) is 5.91 Å². The molecule has 4 heterocycles. The molecule has 0 radical (unpaired) electrons. The highest BCUT2D eigenvalue weighted by atomic mass is 32.1. The maximum Gasteiger partial charge on any atom is 0.270 e. The number of hydrogen-bond donors (Lipinski definition) is 1. The monoisotopic (exact) mass is 442 g/mol. The van der Waals surface area contributed by atoms with Crippen LogP contribution in [0.1, 0.15) is 12.8 Å². The van der Waals surface area contributed by atoms with E-state index in [4.69, 9.17) is 0 Å². The largest absolute Gasteiger partial charge is 0.368 e. The maximum absolute atomic E-state index is 13.1. The molecule has 5 rings (SSSR count). The lowest BCUT2D eigenvalue weighted by molar-refractivity contribution is -0.136. The van der Waals surface area contributed by atoms with Crippen molar-refractivity contribution in [2.45, 2.75) is 12.8 Å². The molecule has 0 aliphatic carbocycles. The Labute approximate surface area is 182 Å². The molecule has 10 heteroatoms. The Bertz CT molecular complexity index is 1130. The molecule has 3 aromatic rings. The zero-order chi connectivity index (χ0) is 21.4. The summed E-state index contributed by atoms with van der Waals surface area (Å²) in [5, 5.41) is 0.790. The Kier molecular flexibility index (Phi) is 5.31. The number of benzene rings is 1. The van der Waals surface area contributed by atoms with Crippen LogP contribution < -0.4 is 15.4 Å². The van der Waals surface area contributed by atoms with Crippen LogP contribution in [0.2, 0.25) is 0 Å². The van der Waals surface area contributed by atoms with Gasteiger partial charge in [0, 0.05) is 50.9 Å². The van der Waals surface area contributed by atoms with E-state index in [1.807, 2.05) is 4.90 Å². The molecule has 0 bridgehead atoms. The fourth-order valence-electron chi connectivity index (χ4n) is 4.30. The van der Waals surface area contributed by atoms with E-state index in [9.17, 15) is 14.0 Å². The van der Waals surface area contributed by atoms with E-state index in [0.29, 0.717) is 23.4 Å². The summed E-state index contributed by atoms with van der Waals surface area (Å²) in [5.41, 5.74) is 1.30. The van der Waals surface area contributed by atoms with Crippen LogP contribution in [0, 0.1) is 11.7 Å². The Hall–Kier alpha value is -3.01. The van der Waals surface area contributed by atoms with Crippen LogP contribution in [0.4, 0.5) is 15.2 Å². The minimum absolute atomic E-state index is 0.0181. The van der Waals surface area contributed by atoms with Crippen LogP contribution in [0.3, 0.4) is 0 Å². The van der Waals surface area contributed by atoms with Crippen molar-refractivity contribution in [2.75, 3.05) is 49.1 Å². The number of nitrogens with zero attached hydrogens (tertiary/aromatic N) is 5. The van der Waals surface area contributed by atoms with Crippen molar-refractivity contribution in [3.05, 3.63) is 46.8 Å². The van der Waals surface area contributed by atoms with E-state index in [-0.39, 0.29) is 23.2 Å². The van der Waals surface area contributed by atoms with Crippen molar-refractivity contribution in [3.63, 3.8) is 0 Å². The van der Waals surface area contributed by atoms with Crippen LogP contribution in [-0.4, -0.2) is 65.0 Å². The second kappa shape index (κ2) is 8.26. The van der Waals surface area contributed by atoms with Crippen molar-refractivity contribution in [3.8, 4) is 0 Å². The fraction of sp³-hybridized carbons (Fsp3) is 0.429. The fourth-order valence-corrected chi connectivity index (χ4v) is 5.27. The molecule has 2 saturated heterocycles. The molecule has 2 fully saturated rings. The first kappa shape index (κ1) is 19.9. The molecule has 162 valence electrons. The van der Waals surface area contributed by atoms with Gasteiger partial charge < -0.3 is 19.7 Å². The van der Waals surface area contributed by atoms with Crippen LogP contribution in [0.5, 0.6) is 0 Å². The molecule has 0 atom stereocenters. The normalized spacial score (nSPS) is 18.0. The van der Waals surface area contributed by atoms with Gasteiger partial charge in [-0.15, -0.1) is 0 Å². The van der Waals surface area contributed by atoms with E-state index < -0.39 is 0 Å². The van der Waals surface area contributed by atoms with Crippen LogP contribution in [0.15, 0.2) is 35.4 Å². The Morgan fingerprint density at radius 2 is 1.74 bits per heavy atom. The third-order valence-corrected chi connectivity index (χ3v) is 7.19. The molecule has 2 aliphatic heterocycles. The number of aromatic nitrogens is 3. The lowest BCUT2D eigenvalue weighted by Crippen LogP contribution is -2.51. The quantitative estimate of drug-likeness (QED) is 0.669. The van der Waals surface area contributed by atoms with Crippen LogP contribution >= 0.6 is 11.3 Å². The number of amides is 1. The maximum atomic E-state index is 13.1. The second-order valence-corrected chi connectivity index (χ2v) is 8.91. The lowest BCUT2D eigenvalue weighted by atomic mass is 9.95. The van der Waals surface area contributed by atoms with Crippen molar-refractivity contribution in [1.82, 2.24) is 19.9 Å². The molecular weight excluding hydrogens is 419 g/mol. The number of carbonyl (C=O) groups is 1. The number of halogens is 1. The van der Waals surface area contributed by atoms with Crippen molar-refractivity contribution < 1.29 is 9.18 Å². The minimum Gasteiger partial charge on any atom is -0.368 e. The molecule has 0 spiro atoms. The van der Waals surface area contributed by atoms with Gasteiger partial charge in [0.05, 0.1) is 6.33 Å². The molecule has 31 heavy (non-hydrogen) atoms. The summed E-state index contributed by atoms with van der Waals surface area (Å²) in [6, 6.07) is 6.51. The highest BCUT2D eigenvalue weighted by molar-refractivity contribution is 7.22. The third kappa shape index (κ3) is 3.99. The number of hydrogen-bond acceptors (Lipinski definition) is 7. The zero-order valence-corrected chi connectivity index (χ0v) is 17.8. The minimum atomic E-state index is -0.238. The van der Waals surface area contributed by atoms with Gasteiger partial charge in [-0.25, -0.2) is 9.37 Å². The molecule has 0 unspecified atom stereocenters. The number of piperidine rings is 1. The smallest absolute Gasteiger partial charge is 0.270 e. The van der Waals surface area contributed by atoms with Gasteiger partial charge in [-0.05, 0) is 37.1 Å². The van der Waals surface area contributed by atoms with Gasteiger partial charge in [-0.1, -0.05) is 11.3 Å². The summed E-state index contributed by atoms with van der Waals surface area (Å²) in [6.07, 6.45) is 2.92. The molecule has 0 saturated carbocycles. The Balaban J connectivity index is 1.16. The molecule has 1 N–H and O–H groups in total. The summed E-state index contributed by atoms with van der Waals surface area (Å²) in [6.45, 7) is 4.35. The summed E-state index contributed by atoms with van der Waals surface area (Å²) >= 11 is 1.35. The number of anilines is 2. The number of thiazole rings is 1. The van der Waals surface area contributed by atoms with Gasteiger partial charge in [0.1, 0.15) is 10.5 Å². The predicted molar refractivity (Wildman–Crippen MR) is 118 cm³/mol. The molecular formula is C21H23FN6O2S. The molecule has 2 aliphatic rings. The molecule has 1 amide bonds. The number of fused-ring (bicyclic) bond motifs is 1. The first-order chi connectivity index (χ1) is 15.1. The van der Waals surface area contributed by atoms with Crippen molar-refractivity contribution in [1.29, 1.82) is 0 Å². The number of aromatic amines is 1. The lowest BCUT2D eigenvalue weighted by Gasteiger charge is -2.39. The first-order valence-electron chi connectivity index (χ1n) is 10.5. The average Bonchev–Trinajstić information content (AvgIpc) is 3.25. The Morgan fingerprint density at radius 3 is 2.42 bits per heavy atom. The van der Waals surface area contributed by atoms with Gasteiger partial charge in [-0.2, -0.15) is 4.98 Å². The number of rotatable bonds is 3. The number of H-pyrrole nitrogens is 1. The summed E-state index contributed by atoms with van der Waals surface area (Å²) < 4.78 is 13.7. The number of nitrogens with one attached hydrogen (secondary N) is 1. The second-order valence-electron chi connectivity index (χ2n) is 7.93. The Morgan fingerprint density at radius 1 is 1.03 bits per heavy atom. The molecule has 2 aromatic heterocycles. The highest BCUT2D eigenvalue weighted by Gasteiger charge is 2.31. The van der Waals surface area contributed by atoms with Crippen molar-refractivity contribution in [2.24, 2.45) is 5.92 Å². The van der Waals surface area contributed by atoms with Crippen LogP contribution in [0.25, 0.3) is 10.3 Å². The average molecular weight is 443 g/mol. The van der Waals surface area contributed by atoms with Gasteiger partial charge in [0.15, 0.2) is 10.8 Å². The van der Waals surface area contributed by atoms with Gasteiger partial charge >= 0.3 is 0 Å². The van der Waals surface area contributed by atoms with E-state index >= 15 is 0 Å². The van der Waals surface area contributed by atoms with Crippen molar-refractivity contribution >= 4 is 38.4 Å². The van der Waals surface area contributed by atoms with E-state index in [0.717, 1.165) is 49.8 Å². The SMILES string of the molecule is O=C(C1CCN(c2nc3nc[nH]c(=O)c3s2)CC1)N1CCN(c2ccc(F)cc2)CC1. The third-order valence-electron chi connectivity index (χ3n) is 6.08. The van der Waals surface area contributed by atoms with E-state index in [1.165, 1.54) is 29.8 Å². The standard InChI is InChI=1S/C21H23FN6O2S/c22-15-1-3-16(4-2-15)26-9-11-27(12-10-26)20(30)14-5-7-28(8-6-14)21-25-18-17(31-21)19(29)24-13-23-18/h1-4,13-14H,5-12H2,(H,23,24,29). The van der Waals surface area contributed by atoms with E-state index in [2.05, 4.69) is 24.8 Å². The molecule has 8 nitrogen and oxygen atoms in total. The number of carbonyl (C=O) groups excluding carboxylic acids is 1. The van der Waals surface area contributed by atoms with E-state index in [1.54, 1.807) is 12.1 Å². The molecule has 1 aromatic carbocycles. The topological polar surface area (TPSA) is 85.4 Å². The zero-order valence-electron chi connectivity index (χ0n) is 17.0. The van der Waals surface area contributed by atoms with Crippen LogP contribution in [-0.2, 0) is 4.79 Å². The van der Waals surface area contributed by atoms with Gasteiger partial charge in [0.25, 0.3) is 5.56 Å².